The molecule has 3 rings (SSSR count). The van der Waals surface area contributed by atoms with Gasteiger partial charge in [-0.05, 0) is 24.6 Å². The summed E-state index contributed by atoms with van der Waals surface area (Å²) in [4.78, 5) is 12.5. The zero-order valence-corrected chi connectivity index (χ0v) is 15.0. The summed E-state index contributed by atoms with van der Waals surface area (Å²) < 4.78 is 12.2. The van der Waals surface area contributed by atoms with Crippen molar-refractivity contribution in [3.63, 3.8) is 0 Å². The summed E-state index contributed by atoms with van der Waals surface area (Å²) in [5.74, 6) is 0.818. The maximum atomic E-state index is 12.5. The summed E-state index contributed by atoms with van der Waals surface area (Å²) in [6.45, 7) is 2.70. The van der Waals surface area contributed by atoms with E-state index in [4.69, 9.17) is 9.47 Å². The summed E-state index contributed by atoms with van der Waals surface area (Å²) in [5, 5.41) is 7.15. The quantitative estimate of drug-likeness (QED) is 0.738. The minimum Gasteiger partial charge on any atom is -0.497 e. The maximum absolute atomic E-state index is 12.5. The number of aromatic nitrogens is 2. The lowest BCUT2D eigenvalue weighted by atomic mass is 10.1. The average molecular weight is 351 g/mol. The van der Waals surface area contributed by atoms with Crippen LogP contribution in [-0.2, 0) is 6.54 Å². The van der Waals surface area contributed by atoms with Gasteiger partial charge in [-0.2, -0.15) is 5.10 Å². The number of aryl methyl sites for hydroxylation is 1. The van der Waals surface area contributed by atoms with E-state index in [0.717, 1.165) is 5.56 Å². The van der Waals surface area contributed by atoms with Gasteiger partial charge in [0.2, 0.25) is 0 Å². The van der Waals surface area contributed by atoms with E-state index in [2.05, 4.69) is 35.5 Å². The van der Waals surface area contributed by atoms with Gasteiger partial charge < -0.3 is 14.8 Å². The first-order chi connectivity index (χ1) is 12.6. The number of benzene rings is 2. The SMILES string of the molecule is COc1ccc(C(=O)Nc2cnn(Cc3cccc(C)c3)c2)c(OC)c1. The molecule has 134 valence electrons. The Morgan fingerprint density at radius 1 is 1.15 bits per heavy atom. The second-order valence-electron chi connectivity index (χ2n) is 5.94. The van der Waals surface area contributed by atoms with Crippen LogP contribution < -0.4 is 14.8 Å². The Labute approximate surface area is 152 Å². The zero-order valence-electron chi connectivity index (χ0n) is 15.0. The van der Waals surface area contributed by atoms with Crippen LogP contribution >= 0.6 is 0 Å². The van der Waals surface area contributed by atoms with Crippen LogP contribution in [0.3, 0.4) is 0 Å². The van der Waals surface area contributed by atoms with Crippen LogP contribution in [0.15, 0.2) is 54.9 Å². The van der Waals surface area contributed by atoms with Gasteiger partial charge in [0, 0.05) is 12.3 Å². The molecular weight excluding hydrogens is 330 g/mol. The molecule has 0 fully saturated rings. The Morgan fingerprint density at radius 2 is 2.00 bits per heavy atom. The Hall–Kier alpha value is -3.28. The van der Waals surface area contributed by atoms with E-state index in [-0.39, 0.29) is 5.91 Å². The molecule has 0 aliphatic carbocycles. The van der Waals surface area contributed by atoms with Crippen molar-refractivity contribution in [2.75, 3.05) is 19.5 Å². The first-order valence-corrected chi connectivity index (χ1v) is 8.20. The molecule has 0 aliphatic heterocycles. The fourth-order valence-electron chi connectivity index (χ4n) is 2.70. The first-order valence-electron chi connectivity index (χ1n) is 8.20. The van der Waals surface area contributed by atoms with Crippen molar-refractivity contribution in [3.05, 3.63) is 71.5 Å². The van der Waals surface area contributed by atoms with Gasteiger partial charge in [-0.3, -0.25) is 9.48 Å². The number of nitrogens with one attached hydrogen (secondary N) is 1. The molecule has 0 radical (unpaired) electrons. The van der Waals surface area contributed by atoms with E-state index >= 15 is 0 Å². The molecule has 6 nitrogen and oxygen atoms in total. The molecule has 0 unspecified atom stereocenters. The molecule has 3 aromatic rings. The summed E-state index contributed by atoms with van der Waals surface area (Å²) in [6.07, 6.45) is 3.43. The van der Waals surface area contributed by atoms with Crippen LogP contribution in [0.25, 0.3) is 0 Å². The van der Waals surface area contributed by atoms with Crippen molar-refractivity contribution < 1.29 is 14.3 Å². The number of rotatable bonds is 6. The molecule has 0 bridgehead atoms. The maximum Gasteiger partial charge on any atom is 0.259 e. The van der Waals surface area contributed by atoms with Gasteiger partial charge in [0.15, 0.2) is 0 Å². The average Bonchev–Trinajstić information content (AvgIpc) is 3.07. The Morgan fingerprint density at radius 3 is 2.73 bits per heavy atom. The molecule has 2 aromatic carbocycles. The number of nitrogens with zero attached hydrogens (tertiary/aromatic N) is 2. The number of methoxy groups -OCH3 is 2. The summed E-state index contributed by atoms with van der Waals surface area (Å²) in [5.41, 5.74) is 3.41. The molecule has 0 saturated carbocycles. The summed E-state index contributed by atoms with van der Waals surface area (Å²) in [6, 6.07) is 13.3. The molecule has 26 heavy (non-hydrogen) atoms. The van der Waals surface area contributed by atoms with E-state index in [0.29, 0.717) is 29.3 Å². The predicted octanol–water partition coefficient (Wildman–Crippen LogP) is 3.51. The second kappa shape index (κ2) is 7.74. The molecular formula is C20H21N3O3. The lowest BCUT2D eigenvalue weighted by Gasteiger charge is -2.10. The third-order valence-electron chi connectivity index (χ3n) is 3.97. The van der Waals surface area contributed by atoms with Crippen molar-refractivity contribution in [2.45, 2.75) is 13.5 Å². The number of hydrogen-bond donors (Lipinski definition) is 1. The Balaban J connectivity index is 1.72. The van der Waals surface area contributed by atoms with Crippen LogP contribution in [0.1, 0.15) is 21.5 Å². The van der Waals surface area contributed by atoms with Crippen molar-refractivity contribution >= 4 is 11.6 Å². The van der Waals surface area contributed by atoms with Crippen molar-refractivity contribution in [1.29, 1.82) is 0 Å². The topological polar surface area (TPSA) is 65.4 Å². The second-order valence-corrected chi connectivity index (χ2v) is 5.94. The smallest absolute Gasteiger partial charge is 0.259 e. The van der Waals surface area contributed by atoms with Crippen LogP contribution in [0.2, 0.25) is 0 Å². The van der Waals surface area contributed by atoms with E-state index in [1.165, 1.54) is 12.7 Å². The van der Waals surface area contributed by atoms with Gasteiger partial charge in [-0.15, -0.1) is 0 Å². The Bertz CT molecular complexity index is 918. The van der Waals surface area contributed by atoms with Crippen LogP contribution in [0.5, 0.6) is 11.5 Å². The van der Waals surface area contributed by atoms with E-state index in [1.807, 2.05) is 6.07 Å². The van der Waals surface area contributed by atoms with Gasteiger partial charge in [0.1, 0.15) is 11.5 Å². The van der Waals surface area contributed by atoms with Gasteiger partial charge in [0.25, 0.3) is 5.91 Å². The minimum atomic E-state index is -0.264. The molecule has 0 spiro atoms. The highest BCUT2D eigenvalue weighted by Gasteiger charge is 2.14. The number of ether oxygens (including phenoxy) is 2. The Kier molecular flexibility index (Phi) is 5.22. The standard InChI is InChI=1S/C20H21N3O3/c1-14-5-4-6-15(9-14)12-23-13-16(11-21-23)22-20(24)18-8-7-17(25-2)10-19(18)26-3/h4-11,13H,12H2,1-3H3,(H,22,24). The molecule has 1 amide bonds. The number of carbonyl (C=O) groups excluding carboxylic acids is 1. The van der Waals surface area contributed by atoms with E-state index < -0.39 is 0 Å². The highest BCUT2D eigenvalue weighted by molar-refractivity contribution is 6.06. The fourth-order valence-corrected chi connectivity index (χ4v) is 2.70. The predicted molar refractivity (Wildman–Crippen MR) is 100 cm³/mol. The van der Waals surface area contributed by atoms with Crippen LogP contribution in [0.4, 0.5) is 5.69 Å². The lowest BCUT2D eigenvalue weighted by Crippen LogP contribution is -2.13. The van der Waals surface area contributed by atoms with Crippen LogP contribution in [-0.4, -0.2) is 29.9 Å². The van der Waals surface area contributed by atoms with Gasteiger partial charge in [0.05, 0.1) is 38.2 Å². The van der Waals surface area contributed by atoms with Crippen molar-refractivity contribution in [2.24, 2.45) is 0 Å². The minimum absolute atomic E-state index is 0.264. The first kappa shape index (κ1) is 17.5. The molecule has 6 heteroatoms. The lowest BCUT2D eigenvalue weighted by molar-refractivity contribution is 0.102. The van der Waals surface area contributed by atoms with Gasteiger partial charge in [-0.25, -0.2) is 0 Å². The highest BCUT2D eigenvalue weighted by Crippen LogP contribution is 2.25. The molecule has 0 atom stereocenters. The highest BCUT2D eigenvalue weighted by atomic mass is 16.5. The molecule has 1 aromatic heterocycles. The number of hydrogen-bond acceptors (Lipinski definition) is 4. The van der Waals surface area contributed by atoms with Crippen molar-refractivity contribution in [1.82, 2.24) is 9.78 Å². The molecule has 1 N–H and O–H groups in total. The number of amides is 1. The number of anilines is 1. The molecule has 1 heterocycles. The van der Waals surface area contributed by atoms with Gasteiger partial charge in [-0.1, -0.05) is 29.8 Å². The molecule has 0 aliphatic rings. The summed E-state index contributed by atoms with van der Waals surface area (Å²) in [7, 11) is 3.09. The van der Waals surface area contributed by atoms with Crippen LogP contribution in [0, 0.1) is 6.92 Å². The fraction of sp³-hybridized carbons (Fsp3) is 0.200. The largest absolute Gasteiger partial charge is 0.497 e. The number of carbonyl (C=O) groups is 1. The van der Waals surface area contributed by atoms with Crippen molar-refractivity contribution in [3.8, 4) is 11.5 Å². The third-order valence-corrected chi connectivity index (χ3v) is 3.97. The summed E-state index contributed by atoms with van der Waals surface area (Å²) >= 11 is 0. The van der Waals surface area contributed by atoms with E-state index in [9.17, 15) is 4.79 Å². The van der Waals surface area contributed by atoms with E-state index in [1.54, 1.807) is 42.4 Å². The third kappa shape index (κ3) is 4.03. The van der Waals surface area contributed by atoms with Gasteiger partial charge >= 0.3 is 0 Å². The molecule has 0 saturated heterocycles. The normalized spacial score (nSPS) is 10.4. The zero-order chi connectivity index (χ0) is 18.5. The monoisotopic (exact) mass is 351 g/mol.